The van der Waals surface area contributed by atoms with Crippen molar-refractivity contribution in [3.05, 3.63) is 76.2 Å². The molecule has 6 heteroatoms. The first-order valence-electron chi connectivity index (χ1n) is 10.2. The van der Waals surface area contributed by atoms with E-state index >= 15 is 0 Å². The molecule has 1 fully saturated rings. The van der Waals surface area contributed by atoms with Gasteiger partial charge in [-0.2, -0.15) is 0 Å². The average molecular weight is 422 g/mol. The molecule has 2 heterocycles. The first kappa shape index (κ1) is 20.6. The summed E-state index contributed by atoms with van der Waals surface area (Å²) in [6, 6.07) is 18.4. The molecule has 4 N–H and O–H groups in total. The van der Waals surface area contributed by atoms with Gasteiger partial charge in [-0.1, -0.05) is 24.3 Å². The molecule has 0 bridgehead atoms. The van der Waals surface area contributed by atoms with E-state index < -0.39 is 0 Å². The summed E-state index contributed by atoms with van der Waals surface area (Å²) in [6.07, 6.45) is 0. The molecular formula is C24H27N3O2S. The first-order valence-corrected chi connectivity index (χ1v) is 11.0. The van der Waals surface area contributed by atoms with Gasteiger partial charge in [-0.05, 0) is 60.9 Å². The van der Waals surface area contributed by atoms with Crippen molar-refractivity contribution in [3.8, 4) is 10.4 Å². The molecule has 30 heavy (non-hydrogen) atoms. The van der Waals surface area contributed by atoms with Crippen molar-refractivity contribution in [1.82, 2.24) is 10.6 Å². The van der Waals surface area contributed by atoms with Crippen LogP contribution in [0.25, 0.3) is 10.4 Å². The lowest BCUT2D eigenvalue weighted by Crippen LogP contribution is -2.51. The van der Waals surface area contributed by atoms with E-state index in [1.165, 1.54) is 0 Å². The quantitative estimate of drug-likeness (QED) is 0.464. The molecule has 0 unspecified atom stereocenters. The Morgan fingerprint density at radius 3 is 2.73 bits per heavy atom. The van der Waals surface area contributed by atoms with E-state index in [0.717, 1.165) is 45.2 Å². The number of benzene rings is 2. The van der Waals surface area contributed by atoms with Crippen LogP contribution >= 0.6 is 11.3 Å². The number of amides is 1. The van der Waals surface area contributed by atoms with Gasteiger partial charge in [0.05, 0.1) is 18.7 Å². The number of nitrogens with one attached hydrogen (secondary N) is 3. The Labute approximate surface area is 181 Å². The van der Waals surface area contributed by atoms with Crippen LogP contribution in [-0.4, -0.2) is 30.1 Å². The van der Waals surface area contributed by atoms with E-state index in [0.29, 0.717) is 11.6 Å². The topological polar surface area (TPSA) is 73.4 Å². The number of rotatable bonds is 7. The van der Waals surface area contributed by atoms with E-state index in [4.69, 9.17) is 0 Å². The number of aliphatic hydroxyl groups excluding tert-OH is 1. The fourth-order valence-corrected chi connectivity index (χ4v) is 4.38. The molecule has 156 valence electrons. The predicted octanol–water partition coefficient (Wildman–Crippen LogP) is 4.09. The zero-order chi connectivity index (χ0) is 21.1. The Balaban J connectivity index is 1.48. The minimum absolute atomic E-state index is 0.0569. The number of aliphatic hydroxyl groups is 1. The van der Waals surface area contributed by atoms with Gasteiger partial charge in [0.2, 0.25) is 0 Å². The van der Waals surface area contributed by atoms with Crippen LogP contribution in [0.2, 0.25) is 0 Å². The Morgan fingerprint density at radius 2 is 2.03 bits per heavy atom. The van der Waals surface area contributed by atoms with Crippen molar-refractivity contribution in [2.45, 2.75) is 32.5 Å². The van der Waals surface area contributed by atoms with E-state index in [9.17, 15) is 9.90 Å². The van der Waals surface area contributed by atoms with Gasteiger partial charge in [-0.25, -0.2) is 0 Å². The van der Waals surface area contributed by atoms with Crippen LogP contribution in [0.15, 0.2) is 54.6 Å². The summed E-state index contributed by atoms with van der Waals surface area (Å²) in [6.45, 7) is 5.92. The Bertz CT molecular complexity index is 1040. The molecule has 0 saturated carbocycles. The van der Waals surface area contributed by atoms with E-state index in [2.05, 4.69) is 28.1 Å². The summed E-state index contributed by atoms with van der Waals surface area (Å²) in [5.74, 6) is -0.0699. The second-order valence-corrected chi connectivity index (χ2v) is 8.94. The normalized spacial score (nSPS) is 14.8. The van der Waals surface area contributed by atoms with Crippen molar-refractivity contribution in [3.63, 3.8) is 0 Å². The van der Waals surface area contributed by atoms with Gasteiger partial charge in [0.25, 0.3) is 5.91 Å². The molecule has 5 nitrogen and oxygen atoms in total. The lowest BCUT2D eigenvalue weighted by Gasteiger charge is -2.29. The largest absolute Gasteiger partial charge is 0.391 e. The fourth-order valence-electron chi connectivity index (χ4n) is 3.52. The summed E-state index contributed by atoms with van der Waals surface area (Å²) >= 11 is 1.58. The van der Waals surface area contributed by atoms with Crippen molar-refractivity contribution < 1.29 is 9.90 Å². The Kier molecular flexibility index (Phi) is 6.18. The minimum atomic E-state index is -0.124. The van der Waals surface area contributed by atoms with Crippen molar-refractivity contribution >= 4 is 22.9 Å². The van der Waals surface area contributed by atoms with Crippen molar-refractivity contribution in [2.75, 3.05) is 18.4 Å². The molecule has 1 amide bonds. The first-order chi connectivity index (χ1) is 14.5. The van der Waals surface area contributed by atoms with Gasteiger partial charge >= 0.3 is 0 Å². The summed E-state index contributed by atoms with van der Waals surface area (Å²) in [4.78, 5) is 15.0. The van der Waals surface area contributed by atoms with Crippen molar-refractivity contribution in [2.24, 2.45) is 0 Å². The van der Waals surface area contributed by atoms with Gasteiger partial charge in [0, 0.05) is 34.1 Å². The number of thiophene rings is 1. The smallest absolute Gasteiger partial charge is 0.252 e. The number of hydrogen-bond acceptors (Lipinski definition) is 5. The maximum atomic E-state index is 13.0. The monoisotopic (exact) mass is 421 g/mol. The lowest BCUT2D eigenvalue weighted by atomic mass is 10.0. The molecule has 4 rings (SSSR count). The molecule has 0 aliphatic carbocycles. The molecule has 2 aromatic carbocycles. The molecule has 1 saturated heterocycles. The molecular weight excluding hydrogens is 394 g/mol. The highest BCUT2D eigenvalue weighted by Gasteiger charge is 2.18. The van der Waals surface area contributed by atoms with E-state index in [-0.39, 0.29) is 18.6 Å². The highest BCUT2D eigenvalue weighted by Crippen LogP contribution is 2.30. The van der Waals surface area contributed by atoms with Crippen LogP contribution in [0.5, 0.6) is 0 Å². The third-order valence-electron chi connectivity index (χ3n) is 5.47. The van der Waals surface area contributed by atoms with E-state index in [1.54, 1.807) is 11.3 Å². The second kappa shape index (κ2) is 9.00. The average Bonchev–Trinajstić information content (AvgIpc) is 3.21. The Hall–Kier alpha value is -2.67. The third kappa shape index (κ3) is 4.56. The molecule has 1 aromatic heterocycles. The van der Waals surface area contributed by atoms with Crippen LogP contribution in [0, 0.1) is 6.92 Å². The maximum Gasteiger partial charge on any atom is 0.252 e. The van der Waals surface area contributed by atoms with Crippen molar-refractivity contribution in [1.29, 1.82) is 0 Å². The van der Waals surface area contributed by atoms with Gasteiger partial charge < -0.3 is 21.1 Å². The SMILES string of the molecule is Cc1ccc(NC2CNC2)cc1C(=O)N[C@H](C)c1cccc(-c2ccc(CO)s2)c1. The van der Waals surface area contributed by atoms with E-state index in [1.807, 2.05) is 56.3 Å². The number of carbonyl (C=O) groups excluding carboxylic acids is 1. The second-order valence-electron chi connectivity index (χ2n) is 7.77. The van der Waals surface area contributed by atoms with Crippen LogP contribution < -0.4 is 16.0 Å². The van der Waals surface area contributed by atoms with Crippen LogP contribution in [0.3, 0.4) is 0 Å². The molecule has 0 spiro atoms. The lowest BCUT2D eigenvalue weighted by molar-refractivity contribution is 0.0939. The summed E-state index contributed by atoms with van der Waals surface area (Å²) < 4.78 is 0. The molecule has 1 aliphatic rings. The van der Waals surface area contributed by atoms with Crippen LogP contribution in [-0.2, 0) is 6.61 Å². The maximum absolute atomic E-state index is 13.0. The van der Waals surface area contributed by atoms with Gasteiger partial charge in [-0.15, -0.1) is 11.3 Å². The molecule has 1 atom stereocenters. The number of anilines is 1. The fraction of sp³-hybridized carbons (Fsp3) is 0.292. The summed E-state index contributed by atoms with van der Waals surface area (Å²) in [5, 5.41) is 19.2. The number of aryl methyl sites for hydroxylation is 1. The summed E-state index contributed by atoms with van der Waals surface area (Å²) in [5.41, 5.74) is 4.77. The van der Waals surface area contributed by atoms with Crippen LogP contribution in [0.4, 0.5) is 5.69 Å². The number of hydrogen-bond donors (Lipinski definition) is 4. The third-order valence-corrected chi connectivity index (χ3v) is 6.59. The number of carbonyl (C=O) groups is 1. The standard InChI is InChI=1S/C24H27N3O2S/c1-15-6-7-19(27-20-12-25-13-20)11-22(15)24(29)26-16(2)17-4-3-5-18(10-17)23-9-8-21(14-28)30-23/h3-11,16,20,25,27-28H,12-14H2,1-2H3,(H,26,29)/t16-/m1/s1. The molecule has 0 radical (unpaired) electrons. The molecule has 1 aliphatic heterocycles. The van der Waals surface area contributed by atoms with Gasteiger partial charge in [-0.3, -0.25) is 4.79 Å². The predicted molar refractivity (Wildman–Crippen MR) is 123 cm³/mol. The van der Waals surface area contributed by atoms with Gasteiger partial charge in [0.1, 0.15) is 0 Å². The zero-order valence-corrected chi connectivity index (χ0v) is 18.1. The molecule has 3 aromatic rings. The Morgan fingerprint density at radius 1 is 1.20 bits per heavy atom. The van der Waals surface area contributed by atoms with Gasteiger partial charge in [0.15, 0.2) is 0 Å². The summed E-state index contributed by atoms with van der Waals surface area (Å²) in [7, 11) is 0. The highest BCUT2D eigenvalue weighted by atomic mass is 32.1. The highest BCUT2D eigenvalue weighted by molar-refractivity contribution is 7.15. The van der Waals surface area contributed by atoms with Crippen LogP contribution in [0.1, 0.15) is 39.3 Å². The minimum Gasteiger partial charge on any atom is -0.391 e. The zero-order valence-electron chi connectivity index (χ0n) is 17.2.